The summed E-state index contributed by atoms with van der Waals surface area (Å²) in [4.78, 5) is 40.8. The number of hydrogen-bond donors (Lipinski definition) is 5. The molecular weight excluding hydrogens is 381 g/mol. The van der Waals surface area contributed by atoms with Gasteiger partial charge < -0.3 is 29.9 Å². The molecule has 0 unspecified atom stereocenters. The molecule has 144 valence electrons. The molecule has 6 N–H and O–H groups in total. The number of benzene rings is 1. The lowest BCUT2D eigenvalue weighted by Crippen LogP contribution is -2.26. The zero-order valence-corrected chi connectivity index (χ0v) is 14.6. The van der Waals surface area contributed by atoms with Crippen molar-refractivity contribution < 1.29 is 28.7 Å². The normalized spacial score (nSPS) is 23.4. The zero-order valence-electron chi connectivity index (χ0n) is 13.7. The lowest BCUT2D eigenvalue weighted by Gasteiger charge is -2.16. The van der Waals surface area contributed by atoms with Crippen molar-refractivity contribution in [1.82, 2.24) is 19.5 Å². The molecule has 3 heterocycles. The second-order valence-electron chi connectivity index (χ2n) is 6.14. The Morgan fingerprint density at radius 2 is 2.19 bits per heavy atom. The lowest BCUT2D eigenvalue weighted by molar-refractivity contribution is -0.0424. The monoisotopic (exact) mass is 397 g/mol. The number of aromatic amines is 1. The van der Waals surface area contributed by atoms with E-state index in [9.17, 15) is 14.5 Å². The second kappa shape index (κ2) is 6.37. The largest absolute Gasteiger partial charge is 0.469 e. The first-order valence-electron chi connectivity index (χ1n) is 7.91. The molecule has 3 atom stereocenters. The number of nitrogens with zero attached hydrogens (tertiary/aromatic N) is 3. The van der Waals surface area contributed by atoms with Crippen molar-refractivity contribution >= 4 is 35.7 Å². The SMILES string of the molecule is Nc1nc2cc3c(cc2c(=O)[nH]1)ncn3[C@H]1C[C@H](OP(=O)(O)O)[C@@H](CO)O1. The van der Waals surface area contributed by atoms with E-state index in [1.54, 1.807) is 16.7 Å². The van der Waals surface area contributed by atoms with Gasteiger partial charge in [-0.05, 0) is 12.1 Å². The fourth-order valence-electron chi connectivity index (χ4n) is 3.23. The number of rotatable bonds is 4. The smallest absolute Gasteiger partial charge is 0.394 e. The number of phosphoric acid groups is 1. The standard InChI is InChI=1S/C14H16N5O7P/c15-14-17-7-2-9-8(1-6(7)13(21)18-14)16-5-19(9)12-3-10(11(4-20)25-12)26-27(22,23)24/h1-2,5,10-12,20H,3-4H2,(H2,22,23,24)(H3,15,17,18,21)/t10-,11+,12+/m0/s1. The van der Waals surface area contributed by atoms with Crippen LogP contribution < -0.4 is 11.3 Å². The van der Waals surface area contributed by atoms with Crippen LogP contribution in [0.15, 0.2) is 23.3 Å². The quantitative estimate of drug-likeness (QED) is 0.363. The van der Waals surface area contributed by atoms with Crippen molar-refractivity contribution in [3.05, 3.63) is 28.8 Å². The third kappa shape index (κ3) is 3.34. The van der Waals surface area contributed by atoms with Gasteiger partial charge in [-0.25, -0.2) is 14.5 Å². The molecule has 1 fully saturated rings. The summed E-state index contributed by atoms with van der Waals surface area (Å²) in [6.45, 7) is -0.468. The predicted octanol–water partition coefficient (Wildman–Crippen LogP) is -0.387. The molecule has 0 aliphatic carbocycles. The molecule has 12 nitrogen and oxygen atoms in total. The highest BCUT2D eigenvalue weighted by Crippen LogP contribution is 2.44. The minimum absolute atomic E-state index is 0.0227. The Bertz CT molecular complexity index is 1120. The molecule has 3 aromatic rings. The van der Waals surface area contributed by atoms with Crippen LogP contribution in [-0.2, 0) is 13.8 Å². The molecule has 13 heteroatoms. The number of aromatic nitrogens is 4. The molecule has 0 spiro atoms. The van der Waals surface area contributed by atoms with Gasteiger partial charge in [0.2, 0.25) is 5.95 Å². The fourth-order valence-corrected chi connectivity index (χ4v) is 3.80. The van der Waals surface area contributed by atoms with Crippen molar-refractivity contribution in [3.8, 4) is 0 Å². The minimum Gasteiger partial charge on any atom is -0.394 e. The van der Waals surface area contributed by atoms with Crippen molar-refractivity contribution in [2.75, 3.05) is 12.3 Å². The highest BCUT2D eigenvalue weighted by Gasteiger charge is 2.40. The van der Waals surface area contributed by atoms with Gasteiger partial charge in [0.25, 0.3) is 5.56 Å². The van der Waals surface area contributed by atoms with Gasteiger partial charge in [-0.3, -0.25) is 14.3 Å². The molecule has 0 bridgehead atoms. The van der Waals surface area contributed by atoms with Gasteiger partial charge in [0, 0.05) is 6.42 Å². The number of imidazole rings is 1. The summed E-state index contributed by atoms with van der Waals surface area (Å²) in [6.07, 6.45) is -1.02. The highest BCUT2D eigenvalue weighted by molar-refractivity contribution is 7.46. The van der Waals surface area contributed by atoms with Crippen LogP contribution >= 0.6 is 7.82 Å². The van der Waals surface area contributed by atoms with Gasteiger partial charge in [0.05, 0.1) is 34.9 Å². The number of anilines is 1. The Kier molecular flexibility index (Phi) is 4.26. The third-order valence-electron chi connectivity index (χ3n) is 4.36. The third-order valence-corrected chi connectivity index (χ3v) is 4.91. The molecule has 1 saturated heterocycles. The summed E-state index contributed by atoms with van der Waals surface area (Å²) >= 11 is 0. The van der Waals surface area contributed by atoms with Crippen molar-refractivity contribution in [2.45, 2.75) is 24.9 Å². The van der Waals surface area contributed by atoms with Gasteiger partial charge in [0.1, 0.15) is 18.4 Å². The maximum absolute atomic E-state index is 12.0. The van der Waals surface area contributed by atoms with Crippen LogP contribution in [0.3, 0.4) is 0 Å². The Morgan fingerprint density at radius 1 is 1.41 bits per heavy atom. The van der Waals surface area contributed by atoms with Gasteiger partial charge in [0.15, 0.2) is 0 Å². The summed E-state index contributed by atoms with van der Waals surface area (Å²) < 4.78 is 23.1. The Balaban J connectivity index is 1.75. The van der Waals surface area contributed by atoms with Crippen LogP contribution in [0.5, 0.6) is 0 Å². The minimum atomic E-state index is -4.74. The van der Waals surface area contributed by atoms with E-state index >= 15 is 0 Å². The molecule has 1 aliphatic heterocycles. The molecule has 2 aromatic heterocycles. The molecule has 27 heavy (non-hydrogen) atoms. The van der Waals surface area contributed by atoms with E-state index in [1.165, 1.54) is 6.33 Å². The molecule has 1 aliphatic rings. The first-order valence-corrected chi connectivity index (χ1v) is 9.44. The van der Waals surface area contributed by atoms with Crippen LogP contribution in [0.4, 0.5) is 5.95 Å². The number of phosphoric ester groups is 1. The molecular formula is C14H16N5O7P. The van der Waals surface area contributed by atoms with E-state index < -0.39 is 32.9 Å². The maximum Gasteiger partial charge on any atom is 0.469 e. The number of nitrogens with two attached hydrogens (primary N) is 1. The summed E-state index contributed by atoms with van der Waals surface area (Å²) in [7, 11) is -4.74. The van der Waals surface area contributed by atoms with E-state index in [1.807, 2.05) is 0 Å². The van der Waals surface area contributed by atoms with Crippen molar-refractivity contribution in [2.24, 2.45) is 0 Å². The van der Waals surface area contributed by atoms with E-state index in [-0.39, 0.29) is 17.9 Å². The number of aliphatic hydroxyl groups excluding tert-OH is 1. The Morgan fingerprint density at radius 3 is 2.89 bits per heavy atom. The van der Waals surface area contributed by atoms with E-state index in [2.05, 4.69) is 15.0 Å². The molecule has 0 saturated carbocycles. The molecule has 0 radical (unpaired) electrons. The molecule has 1 aromatic carbocycles. The number of ether oxygens (including phenoxy) is 1. The van der Waals surface area contributed by atoms with Crippen molar-refractivity contribution in [1.29, 1.82) is 0 Å². The first-order chi connectivity index (χ1) is 12.7. The van der Waals surface area contributed by atoms with E-state index in [0.717, 1.165) is 0 Å². The first kappa shape index (κ1) is 18.0. The average Bonchev–Trinajstić information content (AvgIpc) is 3.14. The topological polar surface area (TPSA) is 186 Å². The van der Waals surface area contributed by atoms with Gasteiger partial charge in [-0.2, -0.15) is 0 Å². The van der Waals surface area contributed by atoms with Crippen LogP contribution in [0.2, 0.25) is 0 Å². The number of nitrogen functional groups attached to an aromatic ring is 1. The van der Waals surface area contributed by atoms with Gasteiger partial charge in [-0.15, -0.1) is 0 Å². The number of nitrogens with one attached hydrogen (secondary N) is 1. The van der Waals surface area contributed by atoms with E-state index in [0.29, 0.717) is 21.9 Å². The van der Waals surface area contributed by atoms with Gasteiger partial charge >= 0.3 is 7.82 Å². The number of hydrogen-bond acceptors (Lipinski definition) is 8. The zero-order chi connectivity index (χ0) is 19.3. The maximum atomic E-state index is 12.0. The van der Waals surface area contributed by atoms with Crippen LogP contribution in [0.1, 0.15) is 12.6 Å². The highest BCUT2D eigenvalue weighted by atomic mass is 31.2. The van der Waals surface area contributed by atoms with Crippen LogP contribution in [-0.4, -0.2) is 53.2 Å². The second-order valence-corrected chi connectivity index (χ2v) is 7.33. The van der Waals surface area contributed by atoms with Crippen molar-refractivity contribution in [3.63, 3.8) is 0 Å². The molecule has 0 amide bonds. The average molecular weight is 397 g/mol. The lowest BCUT2D eigenvalue weighted by atomic mass is 10.2. The summed E-state index contributed by atoms with van der Waals surface area (Å²) in [5, 5.41) is 9.74. The fraction of sp³-hybridized carbons (Fsp3) is 0.357. The number of H-pyrrole nitrogens is 1. The Labute approximate surface area is 150 Å². The predicted molar refractivity (Wildman–Crippen MR) is 92.6 cm³/mol. The summed E-state index contributed by atoms with van der Waals surface area (Å²) in [6, 6.07) is 3.19. The van der Waals surface area contributed by atoms with Crippen LogP contribution in [0, 0.1) is 0 Å². The number of aliphatic hydroxyl groups is 1. The summed E-state index contributed by atoms with van der Waals surface area (Å²) in [5.74, 6) is -0.0227. The Hall–Kier alpha value is -2.34. The van der Waals surface area contributed by atoms with Gasteiger partial charge in [-0.1, -0.05) is 0 Å². The van der Waals surface area contributed by atoms with E-state index in [4.69, 9.17) is 24.8 Å². The molecule has 4 rings (SSSR count). The number of fused-ring (bicyclic) bond motifs is 2. The van der Waals surface area contributed by atoms with Crippen LogP contribution in [0.25, 0.3) is 21.9 Å². The summed E-state index contributed by atoms with van der Waals surface area (Å²) in [5.41, 5.74) is 6.65.